The second-order valence-electron chi connectivity index (χ2n) is 8.88. The number of carbonyl (C=O) groups is 2. The molecule has 4 aromatic heterocycles. The summed E-state index contributed by atoms with van der Waals surface area (Å²) in [6.45, 7) is 5.23. The van der Waals surface area contributed by atoms with Crippen molar-refractivity contribution in [2.45, 2.75) is 32.7 Å². The van der Waals surface area contributed by atoms with Gasteiger partial charge in [0.15, 0.2) is 0 Å². The van der Waals surface area contributed by atoms with E-state index in [1.165, 1.54) is 6.20 Å². The summed E-state index contributed by atoms with van der Waals surface area (Å²) in [4.78, 5) is 44.0. The number of rotatable bonds is 6. The third kappa shape index (κ3) is 5.04. The van der Waals surface area contributed by atoms with Gasteiger partial charge in [0.2, 0.25) is 5.91 Å². The summed E-state index contributed by atoms with van der Waals surface area (Å²) in [6.07, 6.45) is 7.09. The third-order valence-corrected chi connectivity index (χ3v) is 6.33. The molecule has 178 valence electrons. The van der Waals surface area contributed by atoms with Gasteiger partial charge < -0.3 is 15.6 Å². The number of aromatic nitrogens is 4. The Kier molecular flexibility index (Phi) is 6.24. The fourth-order valence-corrected chi connectivity index (χ4v) is 4.33. The molecular formula is C26H27N7O2. The average Bonchev–Trinajstić information content (AvgIpc) is 3.47. The Morgan fingerprint density at radius 3 is 2.77 bits per heavy atom. The number of anilines is 2. The molecule has 1 aliphatic heterocycles. The van der Waals surface area contributed by atoms with Gasteiger partial charge in [-0.05, 0) is 63.6 Å². The van der Waals surface area contributed by atoms with Crippen molar-refractivity contribution < 1.29 is 9.59 Å². The normalized spacial score (nSPS) is 15.9. The lowest BCUT2D eigenvalue weighted by Gasteiger charge is -2.20. The van der Waals surface area contributed by atoms with Gasteiger partial charge in [-0.2, -0.15) is 0 Å². The molecule has 9 heteroatoms. The molecule has 0 radical (unpaired) electrons. The molecule has 5 rings (SSSR count). The summed E-state index contributed by atoms with van der Waals surface area (Å²) in [5.41, 5.74) is 4.46. The molecule has 5 heterocycles. The number of pyridine rings is 3. The summed E-state index contributed by atoms with van der Waals surface area (Å²) in [5, 5.41) is 6.60. The fourth-order valence-electron chi connectivity index (χ4n) is 4.33. The summed E-state index contributed by atoms with van der Waals surface area (Å²) in [6, 6.07) is 11.5. The van der Waals surface area contributed by atoms with Gasteiger partial charge in [0.1, 0.15) is 5.65 Å². The Morgan fingerprint density at radius 2 is 2.00 bits per heavy atom. The second-order valence-corrected chi connectivity index (χ2v) is 8.88. The van der Waals surface area contributed by atoms with Crippen LogP contribution in [0.1, 0.15) is 35.8 Å². The largest absolute Gasteiger partial charge is 0.338 e. The van der Waals surface area contributed by atoms with Crippen LogP contribution in [0.3, 0.4) is 0 Å². The summed E-state index contributed by atoms with van der Waals surface area (Å²) in [7, 11) is 0. The molecule has 1 saturated heterocycles. The number of likely N-dealkylation sites (tertiary alicyclic amines) is 1. The topological polar surface area (TPSA) is 116 Å². The first-order chi connectivity index (χ1) is 17.0. The molecule has 35 heavy (non-hydrogen) atoms. The van der Waals surface area contributed by atoms with Crippen molar-refractivity contribution >= 4 is 34.2 Å². The van der Waals surface area contributed by atoms with Crippen molar-refractivity contribution in [3.63, 3.8) is 0 Å². The smallest absolute Gasteiger partial charge is 0.257 e. The van der Waals surface area contributed by atoms with Gasteiger partial charge >= 0.3 is 0 Å². The molecule has 4 aromatic rings. The maximum absolute atomic E-state index is 13.0. The highest BCUT2D eigenvalue weighted by Gasteiger charge is 2.22. The van der Waals surface area contributed by atoms with Crippen LogP contribution in [0.15, 0.2) is 55.0 Å². The molecule has 3 N–H and O–H groups in total. The number of hydrogen-bond acceptors (Lipinski definition) is 6. The summed E-state index contributed by atoms with van der Waals surface area (Å²) < 4.78 is 0. The van der Waals surface area contributed by atoms with Gasteiger partial charge in [-0.15, -0.1) is 0 Å². The Morgan fingerprint density at radius 1 is 1.11 bits per heavy atom. The molecule has 0 aliphatic carbocycles. The fraction of sp³-hybridized carbons (Fsp3) is 0.269. The van der Waals surface area contributed by atoms with Gasteiger partial charge in [0.05, 0.1) is 46.8 Å². The van der Waals surface area contributed by atoms with Crippen molar-refractivity contribution in [1.29, 1.82) is 0 Å². The van der Waals surface area contributed by atoms with Crippen molar-refractivity contribution in [1.82, 2.24) is 24.8 Å². The average molecular weight is 470 g/mol. The van der Waals surface area contributed by atoms with Crippen LogP contribution < -0.4 is 10.6 Å². The van der Waals surface area contributed by atoms with E-state index in [9.17, 15) is 9.59 Å². The van der Waals surface area contributed by atoms with E-state index in [-0.39, 0.29) is 11.8 Å². The Labute approximate surface area is 203 Å². The zero-order valence-electron chi connectivity index (χ0n) is 19.7. The van der Waals surface area contributed by atoms with Gasteiger partial charge in [0, 0.05) is 23.8 Å². The first-order valence-corrected chi connectivity index (χ1v) is 11.7. The lowest BCUT2D eigenvalue weighted by molar-refractivity contribution is -0.117. The van der Waals surface area contributed by atoms with Crippen LogP contribution in [0.25, 0.3) is 22.4 Å². The zero-order chi connectivity index (χ0) is 24.4. The van der Waals surface area contributed by atoms with E-state index in [0.29, 0.717) is 40.9 Å². The quantitative estimate of drug-likeness (QED) is 0.393. The van der Waals surface area contributed by atoms with Crippen molar-refractivity contribution in [2.24, 2.45) is 0 Å². The molecule has 0 unspecified atom stereocenters. The number of H-pyrrole nitrogens is 1. The number of nitrogens with zero attached hydrogens (tertiary/aromatic N) is 4. The highest BCUT2D eigenvalue weighted by Crippen LogP contribution is 2.23. The minimum atomic E-state index is -0.306. The van der Waals surface area contributed by atoms with Gasteiger partial charge in [-0.25, -0.2) is 4.98 Å². The first-order valence-electron chi connectivity index (χ1n) is 11.7. The molecule has 9 nitrogen and oxygen atoms in total. The Hall–Kier alpha value is -4.11. The van der Waals surface area contributed by atoms with Crippen LogP contribution in [0.4, 0.5) is 11.4 Å². The predicted octanol–water partition coefficient (Wildman–Crippen LogP) is 4.00. The molecule has 1 aliphatic rings. The molecule has 0 spiro atoms. The SMILES string of the molecule is Cc1ncc(NC(=O)CN2CCC[C@@H]2C)cc1NC(=O)c1cnc2[nH]c(-c3ccccn3)cc2c1. The molecule has 0 saturated carbocycles. The molecule has 0 aromatic carbocycles. The van der Waals surface area contributed by atoms with Crippen molar-refractivity contribution in [2.75, 3.05) is 23.7 Å². The van der Waals surface area contributed by atoms with Crippen LogP contribution in [0.5, 0.6) is 0 Å². The molecular weight excluding hydrogens is 442 g/mol. The lowest BCUT2D eigenvalue weighted by Crippen LogP contribution is -2.35. The van der Waals surface area contributed by atoms with E-state index in [1.54, 1.807) is 31.5 Å². The maximum Gasteiger partial charge on any atom is 0.257 e. The highest BCUT2D eigenvalue weighted by atomic mass is 16.2. The minimum Gasteiger partial charge on any atom is -0.338 e. The molecule has 0 bridgehead atoms. The Bertz CT molecular complexity index is 1380. The third-order valence-electron chi connectivity index (χ3n) is 6.33. The monoisotopic (exact) mass is 469 g/mol. The van der Waals surface area contributed by atoms with Crippen LogP contribution in [0, 0.1) is 6.92 Å². The van der Waals surface area contributed by atoms with Gasteiger partial charge in [0.25, 0.3) is 5.91 Å². The Balaban J connectivity index is 1.29. The van der Waals surface area contributed by atoms with Gasteiger partial charge in [-0.1, -0.05) is 6.07 Å². The second kappa shape index (κ2) is 9.63. The first kappa shape index (κ1) is 22.7. The van der Waals surface area contributed by atoms with Crippen LogP contribution in [-0.2, 0) is 4.79 Å². The summed E-state index contributed by atoms with van der Waals surface area (Å²) >= 11 is 0. The number of carbonyl (C=O) groups excluding carboxylic acids is 2. The van der Waals surface area contributed by atoms with Crippen LogP contribution in [-0.4, -0.2) is 55.8 Å². The molecule has 1 fully saturated rings. The van der Waals surface area contributed by atoms with E-state index < -0.39 is 0 Å². The van der Waals surface area contributed by atoms with E-state index in [0.717, 1.165) is 36.2 Å². The van der Waals surface area contributed by atoms with E-state index in [4.69, 9.17) is 0 Å². The maximum atomic E-state index is 13.0. The van der Waals surface area contributed by atoms with E-state index >= 15 is 0 Å². The van der Waals surface area contributed by atoms with Crippen molar-refractivity contribution in [3.8, 4) is 11.4 Å². The number of fused-ring (bicyclic) bond motifs is 1. The minimum absolute atomic E-state index is 0.0903. The number of amides is 2. The number of aromatic amines is 1. The predicted molar refractivity (Wildman–Crippen MR) is 135 cm³/mol. The van der Waals surface area contributed by atoms with E-state index in [2.05, 4.69) is 42.4 Å². The van der Waals surface area contributed by atoms with Gasteiger partial charge in [-0.3, -0.25) is 24.5 Å². The van der Waals surface area contributed by atoms with Crippen LogP contribution in [0.2, 0.25) is 0 Å². The number of nitrogens with one attached hydrogen (secondary N) is 3. The van der Waals surface area contributed by atoms with Crippen molar-refractivity contribution in [3.05, 3.63) is 66.2 Å². The molecule has 2 amide bonds. The standard InChI is InChI=1S/C26H27N7O2/c1-16-6-5-9-33(16)15-24(34)30-20-12-22(17(2)28-14-20)32-26(35)19-10-18-11-23(31-25(18)29-13-19)21-7-3-4-8-27-21/h3-4,7-8,10-14,16H,5-6,9,15H2,1-2H3,(H,29,31)(H,30,34)(H,32,35)/t16-/m0/s1. The van der Waals surface area contributed by atoms with E-state index in [1.807, 2.05) is 24.3 Å². The number of hydrogen-bond donors (Lipinski definition) is 3. The highest BCUT2D eigenvalue weighted by molar-refractivity contribution is 6.06. The zero-order valence-corrected chi connectivity index (χ0v) is 19.7. The lowest BCUT2D eigenvalue weighted by atomic mass is 10.2. The summed E-state index contributed by atoms with van der Waals surface area (Å²) in [5.74, 6) is -0.397. The number of aryl methyl sites for hydroxylation is 1. The van der Waals surface area contributed by atoms with Crippen LogP contribution >= 0.6 is 0 Å². The molecule has 1 atom stereocenters.